The highest BCUT2D eigenvalue weighted by Gasteiger charge is 2.23. The number of hydrogen-bond donors (Lipinski definition) is 2. The van der Waals surface area contributed by atoms with E-state index in [1.807, 2.05) is 32.0 Å². The lowest BCUT2D eigenvalue weighted by atomic mass is 10.1. The first-order chi connectivity index (χ1) is 12.7. The number of anilines is 2. The van der Waals surface area contributed by atoms with Gasteiger partial charge in [0.05, 0.1) is 15.5 Å². The Morgan fingerprint density at radius 2 is 1.63 bits per heavy atom. The quantitative estimate of drug-likeness (QED) is 0.659. The molecule has 0 radical (unpaired) electrons. The summed E-state index contributed by atoms with van der Waals surface area (Å²) in [7, 11) is -3.42. The first-order valence-electron chi connectivity index (χ1n) is 8.46. The van der Waals surface area contributed by atoms with Gasteiger partial charge in [0.1, 0.15) is 0 Å². The van der Waals surface area contributed by atoms with Crippen LogP contribution in [0.1, 0.15) is 25.0 Å². The van der Waals surface area contributed by atoms with Gasteiger partial charge >= 0.3 is 6.03 Å². The molecular formula is C19H21N3O3S2. The summed E-state index contributed by atoms with van der Waals surface area (Å²) in [5, 5.41) is 5.03. The number of nitrogens with one attached hydrogen (secondary N) is 2. The Morgan fingerprint density at radius 3 is 2.26 bits per heavy atom. The van der Waals surface area contributed by atoms with Crippen LogP contribution in [0, 0.1) is 13.8 Å². The number of carbonyl (C=O) groups excluding carboxylic acids is 1. The average molecular weight is 404 g/mol. The normalized spacial score (nSPS) is 11.7. The van der Waals surface area contributed by atoms with E-state index in [9.17, 15) is 13.2 Å². The Morgan fingerprint density at radius 1 is 1.00 bits per heavy atom. The maximum Gasteiger partial charge on any atom is 0.323 e. The molecule has 1 heterocycles. The van der Waals surface area contributed by atoms with Crippen molar-refractivity contribution in [2.24, 2.45) is 0 Å². The van der Waals surface area contributed by atoms with E-state index in [0.29, 0.717) is 21.6 Å². The molecule has 27 heavy (non-hydrogen) atoms. The molecule has 2 N–H and O–H groups in total. The van der Waals surface area contributed by atoms with E-state index in [4.69, 9.17) is 0 Å². The number of benzene rings is 2. The molecule has 0 fully saturated rings. The van der Waals surface area contributed by atoms with Crippen molar-refractivity contribution in [2.75, 3.05) is 10.6 Å². The average Bonchev–Trinajstić information content (AvgIpc) is 3.02. The van der Waals surface area contributed by atoms with Crippen LogP contribution < -0.4 is 10.6 Å². The van der Waals surface area contributed by atoms with Crippen LogP contribution in [0.5, 0.6) is 0 Å². The molecule has 1 aromatic heterocycles. The number of aromatic nitrogens is 1. The molecule has 2 aromatic carbocycles. The van der Waals surface area contributed by atoms with Crippen LogP contribution in [-0.4, -0.2) is 24.7 Å². The van der Waals surface area contributed by atoms with E-state index < -0.39 is 15.1 Å². The van der Waals surface area contributed by atoms with Gasteiger partial charge in [-0.1, -0.05) is 6.07 Å². The molecule has 2 amide bonds. The number of carbonyl (C=O) groups is 1. The van der Waals surface area contributed by atoms with Crippen LogP contribution in [0.25, 0.3) is 10.2 Å². The van der Waals surface area contributed by atoms with Gasteiger partial charge in [-0.3, -0.25) is 0 Å². The fourth-order valence-electron chi connectivity index (χ4n) is 2.42. The third-order valence-electron chi connectivity index (χ3n) is 4.26. The molecule has 142 valence electrons. The molecule has 0 unspecified atom stereocenters. The summed E-state index contributed by atoms with van der Waals surface area (Å²) in [6, 6.07) is 10.5. The summed E-state index contributed by atoms with van der Waals surface area (Å²) < 4.78 is 25.4. The van der Waals surface area contributed by atoms with Crippen LogP contribution >= 0.6 is 11.3 Å². The van der Waals surface area contributed by atoms with Gasteiger partial charge in [-0.25, -0.2) is 18.2 Å². The Balaban J connectivity index is 1.79. The highest BCUT2D eigenvalue weighted by atomic mass is 32.2. The minimum absolute atomic E-state index is 0.101. The summed E-state index contributed by atoms with van der Waals surface area (Å²) in [6.07, 6.45) is 0. The SMILES string of the molecule is Cc1ccc(NC(=O)Nc2ccc3nc(S(=O)(=O)C(C)C)sc3c2)cc1C. The van der Waals surface area contributed by atoms with Gasteiger partial charge in [-0.05, 0) is 69.2 Å². The van der Waals surface area contributed by atoms with Crippen LogP contribution in [0.2, 0.25) is 0 Å². The lowest BCUT2D eigenvalue weighted by Gasteiger charge is -2.09. The van der Waals surface area contributed by atoms with Gasteiger partial charge in [0, 0.05) is 11.4 Å². The fourth-order valence-corrected chi connectivity index (χ4v) is 5.09. The van der Waals surface area contributed by atoms with Crippen molar-refractivity contribution in [1.29, 1.82) is 0 Å². The predicted molar refractivity (Wildman–Crippen MR) is 110 cm³/mol. The van der Waals surface area contributed by atoms with Gasteiger partial charge in [-0.15, -0.1) is 11.3 Å². The number of thiazole rings is 1. The molecule has 0 spiro atoms. The van der Waals surface area contributed by atoms with Crippen molar-refractivity contribution in [1.82, 2.24) is 4.98 Å². The molecule has 0 saturated heterocycles. The number of amides is 2. The number of urea groups is 1. The minimum Gasteiger partial charge on any atom is -0.308 e. The molecule has 0 aliphatic carbocycles. The lowest BCUT2D eigenvalue weighted by molar-refractivity contribution is 0.262. The molecule has 0 aliphatic heterocycles. The smallest absolute Gasteiger partial charge is 0.308 e. The second kappa shape index (κ2) is 7.28. The first kappa shape index (κ1) is 19.3. The molecule has 0 atom stereocenters. The summed E-state index contributed by atoms with van der Waals surface area (Å²) in [6.45, 7) is 7.26. The van der Waals surface area contributed by atoms with Crippen molar-refractivity contribution in [3.05, 3.63) is 47.5 Å². The number of rotatable bonds is 4. The summed E-state index contributed by atoms with van der Waals surface area (Å²) >= 11 is 1.11. The Bertz CT molecular complexity index is 1120. The van der Waals surface area contributed by atoms with Crippen LogP contribution in [0.3, 0.4) is 0 Å². The predicted octanol–water partition coefficient (Wildman–Crippen LogP) is 4.74. The van der Waals surface area contributed by atoms with E-state index in [-0.39, 0.29) is 10.4 Å². The molecule has 0 saturated carbocycles. The number of hydrogen-bond acceptors (Lipinski definition) is 5. The molecule has 0 bridgehead atoms. The van der Waals surface area contributed by atoms with Crippen LogP contribution in [0.15, 0.2) is 40.7 Å². The Kier molecular flexibility index (Phi) is 5.21. The van der Waals surface area contributed by atoms with E-state index in [0.717, 1.165) is 22.5 Å². The minimum atomic E-state index is -3.42. The Labute approximate surface area is 162 Å². The van der Waals surface area contributed by atoms with Crippen molar-refractivity contribution < 1.29 is 13.2 Å². The standard InChI is InChI=1S/C19H21N3O3S2/c1-11(2)27(24,25)19-22-16-8-7-15(10-17(16)26-19)21-18(23)20-14-6-5-12(3)13(4)9-14/h5-11H,1-4H3,(H2,20,21,23). The molecular weight excluding hydrogens is 382 g/mol. The summed E-state index contributed by atoms with van der Waals surface area (Å²) in [5.74, 6) is 0. The summed E-state index contributed by atoms with van der Waals surface area (Å²) in [5.41, 5.74) is 4.13. The van der Waals surface area contributed by atoms with Crippen molar-refractivity contribution in [2.45, 2.75) is 37.3 Å². The van der Waals surface area contributed by atoms with E-state index in [1.54, 1.807) is 32.0 Å². The number of aryl methyl sites for hydroxylation is 2. The van der Waals surface area contributed by atoms with Gasteiger partial charge in [0.2, 0.25) is 14.2 Å². The molecule has 3 aromatic rings. The Hall–Kier alpha value is -2.45. The van der Waals surface area contributed by atoms with Crippen molar-refractivity contribution in [3.63, 3.8) is 0 Å². The monoisotopic (exact) mass is 403 g/mol. The topological polar surface area (TPSA) is 88.2 Å². The third-order valence-corrected chi connectivity index (χ3v) is 7.83. The zero-order valence-corrected chi connectivity index (χ0v) is 17.2. The van der Waals surface area contributed by atoms with E-state index >= 15 is 0 Å². The molecule has 6 nitrogen and oxygen atoms in total. The van der Waals surface area contributed by atoms with E-state index in [1.165, 1.54) is 0 Å². The zero-order chi connectivity index (χ0) is 19.8. The molecule has 3 rings (SSSR count). The number of nitrogens with zero attached hydrogens (tertiary/aromatic N) is 1. The molecule has 8 heteroatoms. The maximum atomic E-state index is 12.3. The number of fused-ring (bicyclic) bond motifs is 1. The van der Waals surface area contributed by atoms with E-state index in [2.05, 4.69) is 15.6 Å². The second-order valence-corrected chi connectivity index (χ2v) is 10.3. The van der Waals surface area contributed by atoms with Crippen LogP contribution in [-0.2, 0) is 9.84 Å². The maximum absolute atomic E-state index is 12.3. The second-order valence-electron chi connectivity index (χ2n) is 6.63. The van der Waals surface area contributed by atoms with Crippen molar-refractivity contribution in [3.8, 4) is 0 Å². The highest BCUT2D eigenvalue weighted by molar-refractivity contribution is 7.94. The van der Waals surface area contributed by atoms with Crippen LogP contribution in [0.4, 0.5) is 16.2 Å². The first-order valence-corrected chi connectivity index (χ1v) is 10.8. The van der Waals surface area contributed by atoms with Gasteiger partial charge in [-0.2, -0.15) is 0 Å². The number of sulfone groups is 1. The van der Waals surface area contributed by atoms with Gasteiger partial charge < -0.3 is 10.6 Å². The molecule has 0 aliphatic rings. The lowest BCUT2D eigenvalue weighted by Crippen LogP contribution is -2.19. The largest absolute Gasteiger partial charge is 0.323 e. The van der Waals surface area contributed by atoms with Gasteiger partial charge in [0.25, 0.3) is 0 Å². The van der Waals surface area contributed by atoms with Crippen molar-refractivity contribution >= 4 is 48.8 Å². The highest BCUT2D eigenvalue weighted by Crippen LogP contribution is 2.30. The van der Waals surface area contributed by atoms with Gasteiger partial charge in [0.15, 0.2) is 0 Å². The zero-order valence-electron chi connectivity index (χ0n) is 15.5. The summed E-state index contributed by atoms with van der Waals surface area (Å²) in [4.78, 5) is 16.5. The fraction of sp³-hybridized carbons (Fsp3) is 0.263. The third kappa shape index (κ3) is 4.12.